The third-order valence-corrected chi connectivity index (χ3v) is 3.99. The van der Waals surface area contributed by atoms with Gasteiger partial charge in [0.2, 0.25) is 0 Å². The minimum absolute atomic E-state index is 0.852. The molecule has 2 fully saturated rings. The van der Waals surface area contributed by atoms with Gasteiger partial charge in [0.05, 0.1) is 0 Å². The largest absolute Gasteiger partial charge is 0.300 e. The van der Waals surface area contributed by atoms with Crippen molar-refractivity contribution in [1.29, 1.82) is 0 Å². The first-order valence-electron chi connectivity index (χ1n) is 5.51. The normalized spacial score (nSPS) is 38.5. The van der Waals surface area contributed by atoms with Gasteiger partial charge in [-0.1, -0.05) is 13.3 Å². The highest BCUT2D eigenvalue weighted by atomic mass is 15.2. The van der Waals surface area contributed by atoms with Crippen molar-refractivity contribution < 1.29 is 0 Å². The second-order valence-electron chi connectivity index (χ2n) is 4.80. The van der Waals surface area contributed by atoms with Crippen molar-refractivity contribution in [3.63, 3.8) is 0 Å². The molecule has 0 aromatic rings. The Morgan fingerprint density at radius 2 is 1.92 bits per heavy atom. The summed E-state index contributed by atoms with van der Waals surface area (Å²) in [6, 6.07) is 0.852. The minimum atomic E-state index is 0.852. The van der Waals surface area contributed by atoms with Crippen LogP contribution >= 0.6 is 0 Å². The van der Waals surface area contributed by atoms with Crippen LogP contribution in [0, 0.1) is 11.8 Å². The van der Waals surface area contributed by atoms with E-state index in [1.54, 1.807) is 0 Å². The van der Waals surface area contributed by atoms with Gasteiger partial charge in [-0.2, -0.15) is 0 Å². The van der Waals surface area contributed by atoms with Gasteiger partial charge in [0, 0.05) is 12.6 Å². The molecule has 2 atom stereocenters. The Balaban J connectivity index is 1.79. The van der Waals surface area contributed by atoms with E-state index < -0.39 is 0 Å². The second-order valence-corrected chi connectivity index (χ2v) is 4.80. The summed E-state index contributed by atoms with van der Waals surface area (Å²) in [6.07, 6.45) is 5.91. The van der Waals surface area contributed by atoms with Crippen LogP contribution in [0.25, 0.3) is 0 Å². The zero-order chi connectivity index (χ0) is 8.55. The molecule has 2 aliphatic rings. The average molecular weight is 167 g/mol. The molecule has 1 heteroatoms. The molecule has 2 unspecified atom stereocenters. The summed E-state index contributed by atoms with van der Waals surface area (Å²) in [7, 11) is 0. The maximum absolute atomic E-state index is 2.70. The van der Waals surface area contributed by atoms with Crippen LogP contribution in [-0.4, -0.2) is 24.0 Å². The lowest BCUT2D eigenvalue weighted by atomic mass is 9.85. The van der Waals surface area contributed by atoms with E-state index >= 15 is 0 Å². The Labute approximate surface area is 76.1 Å². The summed E-state index contributed by atoms with van der Waals surface area (Å²) < 4.78 is 0. The number of rotatable bonds is 2. The first-order chi connectivity index (χ1) is 5.77. The van der Waals surface area contributed by atoms with Crippen molar-refractivity contribution >= 4 is 0 Å². The zero-order valence-corrected chi connectivity index (χ0v) is 8.42. The highest BCUT2D eigenvalue weighted by Gasteiger charge is 2.30. The molecular formula is C11H21N. The molecule has 70 valence electrons. The third-order valence-electron chi connectivity index (χ3n) is 3.99. The van der Waals surface area contributed by atoms with Crippen LogP contribution in [0.3, 0.4) is 0 Å². The fraction of sp³-hybridized carbons (Fsp3) is 1.00. The Morgan fingerprint density at radius 1 is 1.17 bits per heavy atom. The fourth-order valence-electron chi connectivity index (χ4n) is 2.44. The molecule has 1 nitrogen and oxygen atoms in total. The van der Waals surface area contributed by atoms with E-state index in [1.165, 1.54) is 38.8 Å². The Hall–Kier alpha value is -0.0400. The summed E-state index contributed by atoms with van der Waals surface area (Å²) in [5.41, 5.74) is 0. The maximum Gasteiger partial charge on any atom is 0.00931 e. The summed E-state index contributed by atoms with van der Waals surface area (Å²) in [5.74, 6) is 1.99. The van der Waals surface area contributed by atoms with E-state index in [-0.39, 0.29) is 0 Å². The Kier molecular flexibility index (Phi) is 2.40. The van der Waals surface area contributed by atoms with Gasteiger partial charge < -0.3 is 4.90 Å². The standard InChI is InChI=1S/C11H21N/c1-9-6-7-12(10(9)2)8-11-4-3-5-11/h9-11H,3-8H2,1-2H3. The number of hydrogen-bond donors (Lipinski definition) is 0. The summed E-state index contributed by atoms with van der Waals surface area (Å²) in [4.78, 5) is 2.70. The minimum Gasteiger partial charge on any atom is -0.300 e. The maximum atomic E-state index is 2.70. The van der Waals surface area contributed by atoms with Gasteiger partial charge in [-0.25, -0.2) is 0 Å². The molecule has 2 rings (SSSR count). The van der Waals surface area contributed by atoms with Gasteiger partial charge in [-0.3, -0.25) is 0 Å². The van der Waals surface area contributed by atoms with Crippen molar-refractivity contribution in [2.75, 3.05) is 13.1 Å². The van der Waals surface area contributed by atoms with Crippen molar-refractivity contribution in [2.45, 2.75) is 45.6 Å². The van der Waals surface area contributed by atoms with Crippen LogP contribution in [-0.2, 0) is 0 Å². The molecule has 0 spiro atoms. The fourth-order valence-corrected chi connectivity index (χ4v) is 2.44. The molecule has 1 heterocycles. The summed E-state index contributed by atoms with van der Waals surface area (Å²) in [5, 5.41) is 0. The highest BCUT2D eigenvalue weighted by molar-refractivity contribution is 4.84. The van der Waals surface area contributed by atoms with Gasteiger partial charge >= 0.3 is 0 Å². The monoisotopic (exact) mass is 167 g/mol. The first kappa shape index (κ1) is 8.55. The SMILES string of the molecule is CC1CCN(CC2CCC2)C1C. The molecule has 12 heavy (non-hydrogen) atoms. The van der Waals surface area contributed by atoms with E-state index in [9.17, 15) is 0 Å². The van der Waals surface area contributed by atoms with Crippen molar-refractivity contribution in [3.05, 3.63) is 0 Å². The van der Waals surface area contributed by atoms with Gasteiger partial charge in [0.1, 0.15) is 0 Å². The lowest BCUT2D eigenvalue weighted by Gasteiger charge is -2.32. The van der Waals surface area contributed by atoms with Crippen molar-refractivity contribution in [3.8, 4) is 0 Å². The number of nitrogens with zero attached hydrogens (tertiary/aromatic N) is 1. The van der Waals surface area contributed by atoms with Crippen LogP contribution < -0.4 is 0 Å². The van der Waals surface area contributed by atoms with E-state index in [0.29, 0.717) is 0 Å². The molecule has 0 radical (unpaired) electrons. The highest BCUT2D eigenvalue weighted by Crippen LogP contribution is 2.31. The summed E-state index contributed by atoms with van der Waals surface area (Å²) >= 11 is 0. The Morgan fingerprint density at radius 3 is 2.33 bits per heavy atom. The molecular weight excluding hydrogens is 146 g/mol. The predicted molar refractivity (Wildman–Crippen MR) is 52.2 cm³/mol. The van der Waals surface area contributed by atoms with Gasteiger partial charge in [0.15, 0.2) is 0 Å². The molecule has 1 saturated heterocycles. The Bertz CT molecular complexity index is 151. The molecule has 1 aliphatic carbocycles. The second kappa shape index (κ2) is 3.37. The van der Waals surface area contributed by atoms with Crippen LogP contribution in [0.4, 0.5) is 0 Å². The molecule has 1 saturated carbocycles. The zero-order valence-electron chi connectivity index (χ0n) is 8.42. The van der Waals surface area contributed by atoms with E-state index in [1.807, 2.05) is 0 Å². The van der Waals surface area contributed by atoms with Gasteiger partial charge in [-0.15, -0.1) is 0 Å². The lowest BCUT2D eigenvalue weighted by molar-refractivity contribution is 0.164. The van der Waals surface area contributed by atoms with Crippen molar-refractivity contribution in [1.82, 2.24) is 4.90 Å². The molecule has 0 aromatic carbocycles. The van der Waals surface area contributed by atoms with E-state index in [2.05, 4.69) is 18.7 Å². The molecule has 0 aromatic heterocycles. The molecule has 1 aliphatic heterocycles. The molecule has 0 N–H and O–H groups in total. The lowest BCUT2D eigenvalue weighted by Crippen LogP contribution is -2.36. The average Bonchev–Trinajstić information content (AvgIpc) is 2.27. The van der Waals surface area contributed by atoms with Crippen molar-refractivity contribution in [2.24, 2.45) is 11.8 Å². The van der Waals surface area contributed by atoms with Crippen LogP contribution in [0.2, 0.25) is 0 Å². The van der Waals surface area contributed by atoms with Gasteiger partial charge in [-0.05, 0) is 44.6 Å². The summed E-state index contributed by atoms with van der Waals surface area (Å²) in [6.45, 7) is 7.55. The van der Waals surface area contributed by atoms with Crippen LogP contribution in [0.1, 0.15) is 39.5 Å². The third kappa shape index (κ3) is 1.52. The molecule has 0 amide bonds. The smallest absolute Gasteiger partial charge is 0.00931 e. The van der Waals surface area contributed by atoms with E-state index in [4.69, 9.17) is 0 Å². The number of likely N-dealkylation sites (tertiary alicyclic amines) is 1. The van der Waals surface area contributed by atoms with E-state index in [0.717, 1.165) is 17.9 Å². The van der Waals surface area contributed by atoms with Crippen LogP contribution in [0.5, 0.6) is 0 Å². The number of hydrogen-bond acceptors (Lipinski definition) is 1. The first-order valence-corrected chi connectivity index (χ1v) is 5.51. The quantitative estimate of drug-likeness (QED) is 0.611. The molecule has 0 bridgehead atoms. The predicted octanol–water partition coefficient (Wildman–Crippen LogP) is 2.52. The topological polar surface area (TPSA) is 3.24 Å². The van der Waals surface area contributed by atoms with Crippen LogP contribution in [0.15, 0.2) is 0 Å². The van der Waals surface area contributed by atoms with Gasteiger partial charge in [0.25, 0.3) is 0 Å².